The highest BCUT2D eigenvalue weighted by molar-refractivity contribution is 5.68. The molecule has 1 aromatic heterocycles. The summed E-state index contributed by atoms with van der Waals surface area (Å²) >= 11 is 0. The molecule has 2 aliphatic heterocycles. The number of H-pyrrole nitrogens is 1. The maximum absolute atomic E-state index is 12.4. The van der Waals surface area contributed by atoms with Crippen molar-refractivity contribution in [1.29, 1.82) is 0 Å². The molecule has 2 N–H and O–H groups in total. The zero-order chi connectivity index (χ0) is 20.4. The van der Waals surface area contributed by atoms with E-state index in [9.17, 15) is 4.79 Å². The lowest BCUT2D eigenvalue weighted by atomic mass is 9.98. The zero-order valence-corrected chi connectivity index (χ0v) is 17.5. The molecule has 29 heavy (non-hydrogen) atoms. The lowest BCUT2D eigenvalue weighted by Gasteiger charge is -2.41. The minimum atomic E-state index is -0.493. The smallest absolute Gasteiger partial charge is 0.407 e. The average Bonchev–Trinajstić information content (AvgIpc) is 3.22. The topological polar surface area (TPSA) is 73.5 Å². The van der Waals surface area contributed by atoms with Gasteiger partial charge in [-0.1, -0.05) is 30.3 Å². The van der Waals surface area contributed by atoms with Crippen LogP contribution in [0.3, 0.4) is 0 Å². The number of aromatic nitrogens is 2. The number of carbonyl (C=O) groups is 1. The summed E-state index contributed by atoms with van der Waals surface area (Å²) in [4.78, 5) is 17.3. The summed E-state index contributed by atoms with van der Waals surface area (Å²) in [7, 11) is 0. The third-order valence-corrected chi connectivity index (χ3v) is 5.53. The predicted octanol–water partition coefficient (Wildman–Crippen LogP) is 2.89. The lowest BCUT2D eigenvalue weighted by Crippen LogP contribution is -2.56. The van der Waals surface area contributed by atoms with Gasteiger partial charge in [0.1, 0.15) is 5.60 Å². The summed E-state index contributed by atoms with van der Waals surface area (Å²) in [6, 6.07) is 10.9. The molecule has 2 atom stereocenters. The Balaban J connectivity index is 1.44. The Morgan fingerprint density at radius 1 is 1.24 bits per heavy atom. The number of hydrogen-bond acceptors (Lipinski definition) is 5. The van der Waals surface area contributed by atoms with Gasteiger partial charge in [0.2, 0.25) is 0 Å². The Bertz CT molecular complexity index is 809. The van der Waals surface area contributed by atoms with Gasteiger partial charge in [-0.25, -0.2) is 4.79 Å². The molecule has 2 aromatic rings. The van der Waals surface area contributed by atoms with Crippen LogP contribution < -0.4 is 5.32 Å². The van der Waals surface area contributed by atoms with Crippen molar-refractivity contribution in [3.05, 3.63) is 53.3 Å². The van der Waals surface area contributed by atoms with Crippen LogP contribution in [0.1, 0.15) is 44.0 Å². The first-order valence-electron chi connectivity index (χ1n) is 10.4. The molecule has 0 bridgehead atoms. The van der Waals surface area contributed by atoms with Crippen LogP contribution in [0.5, 0.6) is 0 Å². The summed E-state index contributed by atoms with van der Waals surface area (Å²) in [6.45, 7) is 10.2. The highest BCUT2D eigenvalue weighted by atomic mass is 16.6. The molecule has 7 heteroatoms. The molecule has 0 spiro atoms. The van der Waals surface area contributed by atoms with E-state index >= 15 is 0 Å². The molecule has 3 heterocycles. The molecule has 4 rings (SSSR count). The highest BCUT2D eigenvalue weighted by Crippen LogP contribution is 2.27. The zero-order valence-electron chi connectivity index (χ0n) is 17.5. The van der Waals surface area contributed by atoms with E-state index in [0.29, 0.717) is 6.04 Å². The van der Waals surface area contributed by atoms with Crippen molar-refractivity contribution >= 4 is 6.09 Å². The summed E-state index contributed by atoms with van der Waals surface area (Å²) in [5.41, 5.74) is 3.29. The fourth-order valence-corrected chi connectivity index (χ4v) is 4.32. The third-order valence-electron chi connectivity index (χ3n) is 5.53. The summed E-state index contributed by atoms with van der Waals surface area (Å²) < 4.78 is 5.50. The van der Waals surface area contributed by atoms with Crippen LogP contribution in [-0.4, -0.2) is 56.9 Å². The molecule has 2 aliphatic rings. The van der Waals surface area contributed by atoms with Gasteiger partial charge in [-0.2, -0.15) is 5.10 Å². The third kappa shape index (κ3) is 5.16. The van der Waals surface area contributed by atoms with Crippen LogP contribution in [0.15, 0.2) is 36.5 Å². The molecule has 0 unspecified atom stereocenters. The van der Waals surface area contributed by atoms with Crippen molar-refractivity contribution in [2.45, 2.75) is 64.5 Å². The normalized spacial score (nSPS) is 23.0. The molecule has 0 saturated carbocycles. The second-order valence-corrected chi connectivity index (χ2v) is 9.19. The van der Waals surface area contributed by atoms with Gasteiger partial charge < -0.3 is 10.1 Å². The Kier molecular flexibility index (Phi) is 5.61. The van der Waals surface area contributed by atoms with Crippen LogP contribution in [0.4, 0.5) is 4.79 Å². The lowest BCUT2D eigenvalue weighted by molar-refractivity contribution is 0.0375. The van der Waals surface area contributed by atoms with Crippen molar-refractivity contribution in [1.82, 2.24) is 25.3 Å². The van der Waals surface area contributed by atoms with Gasteiger partial charge in [0.25, 0.3) is 0 Å². The molecule has 156 valence electrons. The van der Waals surface area contributed by atoms with Crippen LogP contribution in [-0.2, 0) is 24.4 Å². The monoisotopic (exact) mass is 397 g/mol. The number of carbonyl (C=O) groups excluding carboxylic acids is 1. The number of nitrogens with zero attached hydrogens (tertiary/aromatic N) is 3. The van der Waals surface area contributed by atoms with Gasteiger partial charge >= 0.3 is 6.09 Å². The van der Waals surface area contributed by atoms with E-state index < -0.39 is 5.60 Å². The molecule has 7 nitrogen and oxygen atoms in total. The maximum Gasteiger partial charge on any atom is 0.407 e. The highest BCUT2D eigenvalue weighted by Gasteiger charge is 2.35. The number of rotatable bonds is 4. The molecule has 1 fully saturated rings. The van der Waals surface area contributed by atoms with Crippen LogP contribution >= 0.6 is 0 Å². The van der Waals surface area contributed by atoms with E-state index in [1.807, 2.05) is 33.0 Å². The van der Waals surface area contributed by atoms with E-state index in [1.54, 1.807) is 0 Å². The summed E-state index contributed by atoms with van der Waals surface area (Å²) in [5, 5.41) is 10.4. The molecule has 1 saturated heterocycles. The first-order valence-corrected chi connectivity index (χ1v) is 10.4. The first-order chi connectivity index (χ1) is 13.9. The molecular weight excluding hydrogens is 366 g/mol. The van der Waals surface area contributed by atoms with Gasteiger partial charge in [-0.05, 0) is 32.8 Å². The first kappa shape index (κ1) is 19.9. The van der Waals surface area contributed by atoms with Gasteiger partial charge in [0, 0.05) is 50.4 Å². The molecule has 1 aromatic carbocycles. The van der Waals surface area contributed by atoms with Crippen LogP contribution in [0.25, 0.3) is 0 Å². The Labute approximate surface area is 172 Å². The number of aromatic amines is 1. The molecule has 1 amide bonds. The van der Waals surface area contributed by atoms with E-state index in [-0.39, 0.29) is 12.1 Å². The minimum Gasteiger partial charge on any atom is -0.444 e. The standard InChI is InChI=1S/C22H31N5O2/c1-22(2,3)29-21(28)24-18-9-19(27-12-17-10-23-25-20(17)15-27)14-26(13-18)11-16-7-5-4-6-8-16/h4-8,10,18-19H,9,11-15H2,1-3H3,(H,23,25)(H,24,28)/t18-,19+/m0/s1. The fourth-order valence-electron chi connectivity index (χ4n) is 4.32. The van der Waals surface area contributed by atoms with E-state index in [4.69, 9.17) is 4.74 Å². The fraction of sp³-hybridized carbons (Fsp3) is 0.545. The number of hydrogen-bond donors (Lipinski definition) is 2. The second-order valence-electron chi connectivity index (χ2n) is 9.19. The molecule has 0 aliphatic carbocycles. The van der Waals surface area contributed by atoms with Crippen LogP contribution in [0.2, 0.25) is 0 Å². The number of fused-ring (bicyclic) bond motifs is 1. The number of nitrogens with one attached hydrogen (secondary N) is 2. The molecule has 0 radical (unpaired) electrons. The van der Waals surface area contributed by atoms with Crippen LogP contribution in [0, 0.1) is 0 Å². The van der Waals surface area contributed by atoms with Crippen molar-refractivity contribution in [3.63, 3.8) is 0 Å². The van der Waals surface area contributed by atoms with E-state index in [0.717, 1.165) is 39.1 Å². The van der Waals surface area contributed by atoms with Crippen molar-refractivity contribution < 1.29 is 9.53 Å². The van der Waals surface area contributed by atoms with Gasteiger partial charge in [0.15, 0.2) is 0 Å². The predicted molar refractivity (Wildman–Crippen MR) is 111 cm³/mol. The van der Waals surface area contributed by atoms with Crippen molar-refractivity contribution in [3.8, 4) is 0 Å². The van der Waals surface area contributed by atoms with Crippen molar-refractivity contribution in [2.24, 2.45) is 0 Å². The number of ether oxygens (including phenoxy) is 1. The quantitative estimate of drug-likeness (QED) is 0.830. The van der Waals surface area contributed by atoms with E-state index in [2.05, 4.69) is 49.6 Å². The second kappa shape index (κ2) is 8.16. The van der Waals surface area contributed by atoms with Crippen molar-refractivity contribution in [2.75, 3.05) is 13.1 Å². The van der Waals surface area contributed by atoms with Gasteiger partial charge in [0.05, 0.1) is 11.9 Å². The van der Waals surface area contributed by atoms with Gasteiger partial charge in [-0.3, -0.25) is 14.9 Å². The Morgan fingerprint density at radius 3 is 2.76 bits per heavy atom. The maximum atomic E-state index is 12.4. The van der Waals surface area contributed by atoms with Gasteiger partial charge in [-0.15, -0.1) is 0 Å². The summed E-state index contributed by atoms with van der Waals surface area (Å²) in [6.07, 6.45) is 2.51. The number of alkyl carbamates (subject to hydrolysis) is 1. The minimum absolute atomic E-state index is 0.0596. The molecular formula is C22H31N5O2. The Morgan fingerprint density at radius 2 is 2.03 bits per heavy atom. The number of likely N-dealkylation sites (tertiary alicyclic amines) is 1. The number of benzene rings is 1. The Hall–Kier alpha value is -2.38. The van der Waals surface area contributed by atoms with E-state index in [1.165, 1.54) is 16.8 Å². The number of piperidine rings is 1. The SMILES string of the molecule is CC(C)(C)OC(=O)N[C@H]1C[C@@H](N2Cc3cn[nH]c3C2)CN(Cc2ccccc2)C1. The summed E-state index contributed by atoms with van der Waals surface area (Å²) in [5.74, 6) is 0. The number of amides is 1. The largest absolute Gasteiger partial charge is 0.444 e. The average molecular weight is 398 g/mol.